The highest BCUT2D eigenvalue weighted by Crippen LogP contribution is 2.24. The molecular formula is C17H14ClNO2S. The maximum atomic E-state index is 12.7. The van der Waals surface area contributed by atoms with E-state index in [1.54, 1.807) is 17.0 Å². The number of amides is 1. The molecule has 0 bridgehead atoms. The lowest BCUT2D eigenvalue weighted by Gasteiger charge is -2.18. The second-order valence-corrected chi connectivity index (χ2v) is 6.63. The van der Waals surface area contributed by atoms with Gasteiger partial charge in [0.25, 0.3) is 5.91 Å². The van der Waals surface area contributed by atoms with Crippen molar-refractivity contribution in [1.29, 1.82) is 0 Å². The number of hydrogen-bond donors (Lipinski definition) is 0. The second-order valence-electron chi connectivity index (χ2n) is 4.83. The van der Waals surface area contributed by atoms with Crippen molar-refractivity contribution in [2.45, 2.75) is 6.54 Å². The molecule has 0 unspecified atom stereocenters. The monoisotopic (exact) mass is 331 g/mol. The fourth-order valence-electron chi connectivity index (χ4n) is 2.24. The molecule has 0 saturated carbocycles. The van der Waals surface area contributed by atoms with Crippen LogP contribution in [0.3, 0.4) is 0 Å². The van der Waals surface area contributed by atoms with Crippen molar-refractivity contribution in [1.82, 2.24) is 4.90 Å². The predicted octanol–water partition coefficient (Wildman–Crippen LogP) is 4.98. The van der Waals surface area contributed by atoms with Gasteiger partial charge < -0.3 is 9.32 Å². The minimum Gasteiger partial charge on any atom is -0.451 e. The largest absolute Gasteiger partial charge is 0.451 e. The lowest BCUT2D eigenvalue weighted by atomic mass is 10.2. The zero-order valence-electron chi connectivity index (χ0n) is 11.8. The molecule has 0 spiro atoms. The highest BCUT2D eigenvalue weighted by molar-refractivity contribution is 7.16. The highest BCUT2D eigenvalue weighted by Gasteiger charge is 2.19. The van der Waals surface area contributed by atoms with Crippen LogP contribution < -0.4 is 0 Å². The van der Waals surface area contributed by atoms with Crippen LogP contribution in [0.4, 0.5) is 0 Å². The minimum absolute atomic E-state index is 0.152. The summed E-state index contributed by atoms with van der Waals surface area (Å²) in [6.07, 6.45) is 1.70. The Balaban J connectivity index is 1.86. The van der Waals surface area contributed by atoms with Gasteiger partial charge in [-0.3, -0.25) is 4.79 Å². The molecular weight excluding hydrogens is 318 g/mol. The number of thiophene rings is 1. The first-order chi connectivity index (χ1) is 10.7. The summed E-state index contributed by atoms with van der Waals surface area (Å²) in [5, 5.41) is 0.920. The number of hydrogen-bond acceptors (Lipinski definition) is 3. The topological polar surface area (TPSA) is 33.5 Å². The van der Waals surface area contributed by atoms with Gasteiger partial charge in [0.05, 0.1) is 10.9 Å². The lowest BCUT2D eigenvalue weighted by Crippen LogP contribution is -2.30. The Kier molecular flexibility index (Phi) is 4.32. The standard InChI is InChI=1S/C17H14ClNO2S/c1-2-9-19(11-13-7-8-16(18)22-13)17(20)15-10-12-5-3-4-6-14(12)21-15/h2-8,10H,1,9,11H2. The summed E-state index contributed by atoms with van der Waals surface area (Å²) < 4.78 is 6.36. The Morgan fingerprint density at radius 1 is 1.32 bits per heavy atom. The molecule has 112 valence electrons. The number of nitrogens with zero attached hydrogens (tertiary/aromatic N) is 1. The van der Waals surface area contributed by atoms with Crippen LogP contribution >= 0.6 is 22.9 Å². The molecule has 0 atom stereocenters. The van der Waals surface area contributed by atoms with Crippen LogP contribution in [0.1, 0.15) is 15.4 Å². The summed E-state index contributed by atoms with van der Waals surface area (Å²) in [7, 11) is 0. The van der Waals surface area contributed by atoms with Gasteiger partial charge in [-0.1, -0.05) is 35.9 Å². The van der Waals surface area contributed by atoms with Gasteiger partial charge in [-0.25, -0.2) is 0 Å². The van der Waals surface area contributed by atoms with Crippen LogP contribution in [0.2, 0.25) is 4.34 Å². The first-order valence-corrected chi connectivity index (χ1v) is 8.00. The average molecular weight is 332 g/mol. The third kappa shape index (κ3) is 3.08. The van der Waals surface area contributed by atoms with E-state index in [9.17, 15) is 4.79 Å². The Hall–Kier alpha value is -2.04. The van der Waals surface area contributed by atoms with Crippen LogP contribution in [0.5, 0.6) is 0 Å². The third-order valence-corrected chi connectivity index (χ3v) is 4.46. The van der Waals surface area contributed by atoms with Gasteiger partial charge >= 0.3 is 0 Å². The van der Waals surface area contributed by atoms with Crippen molar-refractivity contribution in [3.8, 4) is 0 Å². The molecule has 22 heavy (non-hydrogen) atoms. The first-order valence-electron chi connectivity index (χ1n) is 6.80. The molecule has 0 aliphatic rings. The maximum Gasteiger partial charge on any atom is 0.290 e. The van der Waals surface area contributed by atoms with Gasteiger partial charge in [-0.05, 0) is 24.3 Å². The maximum absolute atomic E-state index is 12.7. The zero-order valence-corrected chi connectivity index (χ0v) is 13.4. The summed E-state index contributed by atoms with van der Waals surface area (Å²) in [4.78, 5) is 15.4. The minimum atomic E-state index is -0.152. The molecule has 3 rings (SSSR count). The molecule has 0 radical (unpaired) electrons. The van der Waals surface area contributed by atoms with Crippen molar-refractivity contribution in [2.75, 3.05) is 6.54 Å². The first kappa shape index (κ1) is 14.9. The van der Waals surface area contributed by atoms with Crippen molar-refractivity contribution < 1.29 is 9.21 Å². The third-order valence-electron chi connectivity index (χ3n) is 3.25. The molecule has 0 saturated heterocycles. The Morgan fingerprint density at radius 3 is 2.82 bits per heavy atom. The van der Waals surface area contributed by atoms with Crippen LogP contribution in [0.15, 0.2) is 59.5 Å². The molecule has 3 nitrogen and oxygen atoms in total. The predicted molar refractivity (Wildman–Crippen MR) is 90.5 cm³/mol. The quantitative estimate of drug-likeness (QED) is 0.618. The number of benzene rings is 1. The van der Waals surface area contributed by atoms with Gasteiger partial charge in [0, 0.05) is 16.8 Å². The summed E-state index contributed by atoms with van der Waals surface area (Å²) >= 11 is 7.41. The van der Waals surface area contributed by atoms with Gasteiger partial charge in [-0.2, -0.15) is 0 Å². The summed E-state index contributed by atoms with van der Waals surface area (Å²) in [6, 6.07) is 13.1. The molecule has 2 heterocycles. The molecule has 0 aliphatic carbocycles. The highest BCUT2D eigenvalue weighted by atomic mass is 35.5. The summed E-state index contributed by atoms with van der Waals surface area (Å²) in [5.74, 6) is 0.186. The molecule has 1 amide bonds. The van der Waals surface area contributed by atoms with E-state index in [2.05, 4.69) is 6.58 Å². The molecule has 1 aromatic carbocycles. The van der Waals surface area contributed by atoms with Crippen LogP contribution in [-0.4, -0.2) is 17.4 Å². The zero-order chi connectivity index (χ0) is 15.5. The van der Waals surface area contributed by atoms with E-state index in [0.29, 0.717) is 28.8 Å². The Bertz CT molecular complexity index is 788. The molecule has 0 aliphatic heterocycles. The second kappa shape index (κ2) is 6.38. The SMILES string of the molecule is C=CCN(Cc1ccc(Cl)s1)C(=O)c1cc2ccccc2o1. The van der Waals surface area contributed by atoms with E-state index in [0.717, 1.165) is 10.3 Å². The molecule has 0 fully saturated rings. The van der Waals surface area contributed by atoms with Gasteiger partial charge in [0.15, 0.2) is 5.76 Å². The van der Waals surface area contributed by atoms with Crippen LogP contribution in [-0.2, 0) is 6.54 Å². The van der Waals surface area contributed by atoms with E-state index >= 15 is 0 Å². The number of carbonyl (C=O) groups excluding carboxylic acids is 1. The van der Waals surface area contributed by atoms with Gasteiger partial charge in [0.1, 0.15) is 5.58 Å². The summed E-state index contributed by atoms with van der Waals surface area (Å²) in [6.45, 7) is 4.65. The van der Waals surface area contributed by atoms with Crippen molar-refractivity contribution in [3.05, 3.63) is 70.1 Å². The van der Waals surface area contributed by atoms with Crippen molar-refractivity contribution >= 4 is 39.8 Å². The van der Waals surface area contributed by atoms with Crippen molar-refractivity contribution in [2.24, 2.45) is 0 Å². The smallest absolute Gasteiger partial charge is 0.290 e. The van der Waals surface area contributed by atoms with E-state index < -0.39 is 0 Å². The van der Waals surface area contributed by atoms with Crippen LogP contribution in [0, 0.1) is 0 Å². The number of carbonyl (C=O) groups is 1. The number of halogens is 1. The Labute approximate surface area is 137 Å². The van der Waals surface area contributed by atoms with Crippen molar-refractivity contribution in [3.63, 3.8) is 0 Å². The lowest BCUT2D eigenvalue weighted by molar-refractivity contribution is 0.0734. The normalized spacial score (nSPS) is 10.8. The number of furan rings is 1. The fourth-order valence-corrected chi connectivity index (χ4v) is 3.35. The van der Waals surface area contributed by atoms with Gasteiger partial charge in [-0.15, -0.1) is 17.9 Å². The van der Waals surface area contributed by atoms with E-state index in [-0.39, 0.29) is 5.91 Å². The van der Waals surface area contributed by atoms with Crippen LogP contribution in [0.25, 0.3) is 11.0 Å². The van der Waals surface area contributed by atoms with Gasteiger partial charge in [0.2, 0.25) is 0 Å². The van der Waals surface area contributed by atoms with E-state index in [4.69, 9.17) is 16.0 Å². The summed E-state index contributed by atoms with van der Waals surface area (Å²) in [5.41, 5.74) is 0.712. The number of para-hydroxylation sites is 1. The number of rotatable bonds is 5. The molecule has 0 N–H and O–H groups in total. The fraction of sp³-hybridized carbons (Fsp3) is 0.118. The number of fused-ring (bicyclic) bond motifs is 1. The average Bonchev–Trinajstić information content (AvgIpc) is 3.12. The van der Waals surface area contributed by atoms with E-state index in [1.807, 2.05) is 36.4 Å². The Morgan fingerprint density at radius 2 is 2.14 bits per heavy atom. The van der Waals surface area contributed by atoms with E-state index in [1.165, 1.54) is 11.3 Å². The molecule has 2 aromatic heterocycles. The molecule has 5 heteroatoms. The molecule has 3 aromatic rings.